The lowest BCUT2D eigenvalue weighted by Crippen LogP contribution is -2.38. The third kappa shape index (κ3) is 9.30. The SMILES string of the molecule is CCCN(CCC)C(=O)c1cc(C(N)=O)cc(C(N)=O)c1[C@H](Cc1cccc(C(F)(F)F)c1)[C@@H](O)CNCc1cccc(OC)c1. The Morgan fingerprint density at radius 3 is 2.13 bits per heavy atom. The first-order valence-electron chi connectivity index (χ1n) is 15.0. The van der Waals surface area contributed by atoms with Crippen LogP contribution in [0.3, 0.4) is 0 Å². The van der Waals surface area contributed by atoms with Crippen molar-refractivity contribution >= 4 is 17.7 Å². The molecular formula is C34H41F3N4O5. The number of aliphatic hydroxyl groups is 1. The minimum atomic E-state index is -4.62. The Bertz CT molecular complexity index is 1520. The molecule has 6 N–H and O–H groups in total. The highest BCUT2D eigenvalue weighted by Gasteiger charge is 2.34. The molecule has 9 nitrogen and oxygen atoms in total. The number of hydrogen-bond donors (Lipinski definition) is 4. The van der Waals surface area contributed by atoms with Crippen LogP contribution >= 0.6 is 0 Å². The number of ether oxygens (including phenoxy) is 1. The number of nitrogens with zero attached hydrogens (tertiary/aromatic N) is 1. The minimum absolute atomic E-state index is 0.0350. The second kappa shape index (κ2) is 16.2. The fourth-order valence-corrected chi connectivity index (χ4v) is 5.45. The van der Waals surface area contributed by atoms with Gasteiger partial charge in [0.15, 0.2) is 0 Å². The second-order valence-electron chi connectivity index (χ2n) is 11.1. The van der Waals surface area contributed by atoms with Crippen molar-refractivity contribution in [3.8, 4) is 5.75 Å². The average molecular weight is 643 g/mol. The smallest absolute Gasteiger partial charge is 0.416 e. The first-order chi connectivity index (χ1) is 21.8. The summed E-state index contributed by atoms with van der Waals surface area (Å²) in [7, 11) is 1.54. The Kier molecular flexibility index (Phi) is 12.7. The molecule has 0 fully saturated rings. The summed E-state index contributed by atoms with van der Waals surface area (Å²) in [6.07, 6.45) is -4.90. The summed E-state index contributed by atoms with van der Waals surface area (Å²) in [5.41, 5.74) is 11.1. The van der Waals surface area contributed by atoms with Gasteiger partial charge >= 0.3 is 6.18 Å². The van der Waals surface area contributed by atoms with Crippen LogP contribution in [0.2, 0.25) is 0 Å². The van der Waals surface area contributed by atoms with Gasteiger partial charge in [0, 0.05) is 48.8 Å². The molecule has 2 atom stereocenters. The number of methoxy groups -OCH3 is 1. The number of aliphatic hydroxyl groups excluding tert-OH is 1. The summed E-state index contributed by atoms with van der Waals surface area (Å²) in [6, 6.07) is 14.3. The van der Waals surface area contributed by atoms with Crippen LogP contribution in [0.5, 0.6) is 5.75 Å². The monoisotopic (exact) mass is 642 g/mol. The summed E-state index contributed by atoms with van der Waals surface area (Å²) in [4.78, 5) is 40.8. The van der Waals surface area contributed by atoms with E-state index in [0.29, 0.717) is 38.2 Å². The van der Waals surface area contributed by atoms with Crippen LogP contribution in [-0.4, -0.2) is 60.6 Å². The first kappa shape index (κ1) is 36.1. The van der Waals surface area contributed by atoms with Crippen LogP contribution < -0.4 is 21.5 Å². The number of benzene rings is 3. The van der Waals surface area contributed by atoms with Crippen molar-refractivity contribution in [2.45, 2.75) is 57.9 Å². The molecule has 0 heterocycles. The molecule has 3 rings (SSSR count). The molecule has 0 aliphatic heterocycles. The molecule has 0 aliphatic rings. The quantitative estimate of drug-likeness (QED) is 0.179. The van der Waals surface area contributed by atoms with E-state index in [1.165, 1.54) is 25.3 Å². The van der Waals surface area contributed by atoms with Crippen molar-refractivity contribution in [2.75, 3.05) is 26.7 Å². The molecule has 0 saturated heterocycles. The minimum Gasteiger partial charge on any atom is -0.497 e. The van der Waals surface area contributed by atoms with Gasteiger partial charge in [-0.2, -0.15) is 13.2 Å². The van der Waals surface area contributed by atoms with Gasteiger partial charge in [0.05, 0.1) is 18.8 Å². The number of amides is 3. The van der Waals surface area contributed by atoms with Gasteiger partial charge < -0.3 is 31.5 Å². The standard InChI is InChI=1S/C34H41F3N4O5/c1-4-12-41(13-5-2)33(45)28-18-23(31(38)43)17-27(32(39)44)30(28)26(16-21-8-6-10-24(14-21)34(35,36)37)29(42)20-40-19-22-9-7-11-25(15-22)46-3/h6-11,14-15,17-18,26,29,40,42H,4-5,12-13,16,19-20H2,1-3H3,(H2,38,43)(H2,39,44)/t26-,29+/m1/s1. The van der Waals surface area contributed by atoms with Gasteiger partial charge in [-0.05, 0) is 66.3 Å². The molecule has 0 aromatic heterocycles. The zero-order chi connectivity index (χ0) is 34.0. The topological polar surface area (TPSA) is 148 Å². The van der Waals surface area contributed by atoms with Crippen LogP contribution in [0.15, 0.2) is 60.7 Å². The number of hydrogen-bond acceptors (Lipinski definition) is 6. The molecule has 0 saturated carbocycles. The summed E-state index contributed by atoms with van der Waals surface area (Å²) in [5, 5.41) is 14.8. The Morgan fingerprint density at radius 2 is 1.54 bits per heavy atom. The van der Waals surface area contributed by atoms with Gasteiger partial charge in [-0.1, -0.05) is 44.2 Å². The van der Waals surface area contributed by atoms with Crippen molar-refractivity contribution in [2.24, 2.45) is 11.5 Å². The Morgan fingerprint density at radius 1 is 0.913 bits per heavy atom. The second-order valence-corrected chi connectivity index (χ2v) is 11.1. The van der Waals surface area contributed by atoms with E-state index in [9.17, 15) is 32.7 Å². The van der Waals surface area contributed by atoms with Crippen LogP contribution in [0, 0.1) is 0 Å². The maximum Gasteiger partial charge on any atom is 0.416 e. The van der Waals surface area contributed by atoms with E-state index in [4.69, 9.17) is 16.2 Å². The maximum absolute atomic E-state index is 14.1. The molecule has 0 radical (unpaired) electrons. The Balaban J connectivity index is 2.19. The highest BCUT2D eigenvalue weighted by Crippen LogP contribution is 2.35. The molecule has 12 heteroatoms. The summed E-state index contributed by atoms with van der Waals surface area (Å²) >= 11 is 0. The van der Waals surface area contributed by atoms with Gasteiger partial charge in [0.1, 0.15) is 5.75 Å². The van der Waals surface area contributed by atoms with Gasteiger partial charge in [-0.25, -0.2) is 0 Å². The number of nitrogens with one attached hydrogen (secondary N) is 1. The third-order valence-corrected chi connectivity index (χ3v) is 7.60. The van der Waals surface area contributed by atoms with Crippen LogP contribution in [0.25, 0.3) is 0 Å². The number of rotatable bonds is 16. The van der Waals surface area contributed by atoms with Crippen molar-refractivity contribution < 1.29 is 37.4 Å². The molecule has 46 heavy (non-hydrogen) atoms. The fourth-order valence-electron chi connectivity index (χ4n) is 5.45. The third-order valence-electron chi connectivity index (χ3n) is 7.60. The lowest BCUT2D eigenvalue weighted by molar-refractivity contribution is -0.137. The van der Waals surface area contributed by atoms with Gasteiger partial charge in [0.25, 0.3) is 5.91 Å². The normalized spacial score (nSPS) is 12.8. The van der Waals surface area contributed by atoms with E-state index in [1.807, 2.05) is 19.9 Å². The van der Waals surface area contributed by atoms with Gasteiger partial charge in [-0.15, -0.1) is 0 Å². The predicted octanol–water partition coefficient (Wildman–Crippen LogP) is 4.65. The predicted molar refractivity (Wildman–Crippen MR) is 169 cm³/mol. The number of carbonyl (C=O) groups excluding carboxylic acids is 3. The van der Waals surface area contributed by atoms with Crippen molar-refractivity contribution in [1.29, 1.82) is 0 Å². The largest absolute Gasteiger partial charge is 0.497 e. The summed E-state index contributed by atoms with van der Waals surface area (Å²) in [5.74, 6) is -2.88. The summed E-state index contributed by atoms with van der Waals surface area (Å²) in [6.45, 7) is 4.74. The van der Waals surface area contributed by atoms with E-state index in [0.717, 1.165) is 23.8 Å². The molecule has 3 aromatic carbocycles. The van der Waals surface area contributed by atoms with Crippen molar-refractivity contribution in [3.05, 3.63) is 99.6 Å². The van der Waals surface area contributed by atoms with Crippen LogP contribution in [-0.2, 0) is 19.1 Å². The maximum atomic E-state index is 14.1. The van der Waals surface area contributed by atoms with E-state index >= 15 is 0 Å². The Hall–Kier alpha value is -4.42. The van der Waals surface area contributed by atoms with Gasteiger partial charge in [0.2, 0.25) is 11.8 Å². The zero-order valence-electron chi connectivity index (χ0n) is 26.2. The Labute approximate surface area is 266 Å². The molecule has 0 unspecified atom stereocenters. The van der Waals surface area contributed by atoms with Crippen molar-refractivity contribution in [1.82, 2.24) is 10.2 Å². The number of primary amides is 2. The number of halogens is 3. The van der Waals surface area contributed by atoms with Crippen LogP contribution in [0.1, 0.15) is 85.9 Å². The molecule has 0 spiro atoms. The fraction of sp³-hybridized carbons (Fsp3) is 0.382. The lowest BCUT2D eigenvalue weighted by Gasteiger charge is -2.30. The highest BCUT2D eigenvalue weighted by atomic mass is 19.4. The molecule has 0 aliphatic carbocycles. The van der Waals surface area contributed by atoms with E-state index < -0.39 is 41.5 Å². The number of nitrogens with two attached hydrogens (primary N) is 2. The molecule has 248 valence electrons. The molecule has 3 amide bonds. The van der Waals surface area contributed by atoms with E-state index in [1.54, 1.807) is 23.1 Å². The summed E-state index contributed by atoms with van der Waals surface area (Å²) < 4.78 is 46.2. The lowest BCUT2D eigenvalue weighted by atomic mass is 9.80. The molecular weight excluding hydrogens is 601 g/mol. The average Bonchev–Trinajstić information content (AvgIpc) is 3.02. The van der Waals surface area contributed by atoms with Crippen molar-refractivity contribution in [3.63, 3.8) is 0 Å². The zero-order valence-corrected chi connectivity index (χ0v) is 26.2. The van der Waals surface area contributed by atoms with Gasteiger partial charge in [-0.3, -0.25) is 14.4 Å². The highest BCUT2D eigenvalue weighted by molar-refractivity contribution is 6.06. The van der Waals surface area contributed by atoms with Crippen LogP contribution in [0.4, 0.5) is 13.2 Å². The molecule has 0 bridgehead atoms. The van der Waals surface area contributed by atoms with E-state index in [-0.39, 0.29) is 40.8 Å². The van der Waals surface area contributed by atoms with E-state index in [2.05, 4.69) is 5.32 Å². The number of alkyl halides is 3. The molecule has 3 aromatic rings. The number of carbonyl (C=O) groups is 3. The first-order valence-corrected chi connectivity index (χ1v) is 15.0.